The van der Waals surface area contributed by atoms with E-state index in [4.69, 9.17) is 0 Å². The van der Waals surface area contributed by atoms with Gasteiger partial charge in [0.05, 0.1) is 10.9 Å². The number of sulfonamides is 1. The Morgan fingerprint density at radius 3 is 2.30 bits per heavy atom. The van der Waals surface area contributed by atoms with Gasteiger partial charge >= 0.3 is 6.61 Å². The number of halogens is 2. The van der Waals surface area contributed by atoms with Crippen LogP contribution >= 0.6 is 0 Å². The second-order valence-corrected chi connectivity index (χ2v) is 9.07. The normalized spacial score (nSPS) is 13.0. The number of hydrogen-bond acceptors (Lipinski definition) is 5. The van der Waals surface area contributed by atoms with Gasteiger partial charge < -0.3 is 10.1 Å². The van der Waals surface area contributed by atoms with Crippen LogP contribution in [-0.4, -0.2) is 57.3 Å². The summed E-state index contributed by atoms with van der Waals surface area (Å²) in [6.45, 7) is -0.767. The van der Waals surface area contributed by atoms with E-state index in [-0.39, 0.29) is 16.6 Å². The molecule has 0 aliphatic carbocycles. The molecule has 1 N–H and O–H groups in total. The molecule has 1 unspecified atom stereocenters. The molecule has 0 radical (unpaired) electrons. The van der Waals surface area contributed by atoms with Gasteiger partial charge in [-0.05, 0) is 49.9 Å². The van der Waals surface area contributed by atoms with Crippen LogP contribution in [0.3, 0.4) is 0 Å². The molecule has 2 aromatic rings. The lowest BCUT2D eigenvalue weighted by molar-refractivity contribution is -0.120. The molecule has 30 heavy (non-hydrogen) atoms. The molecule has 0 aromatic heterocycles. The molecule has 0 aliphatic heterocycles. The fourth-order valence-electron chi connectivity index (χ4n) is 2.59. The summed E-state index contributed by atoms with van der Waals surface area (Å²) in [5.74, 6) is -0.246. The van der Waals surface area contributed by atoms with Crippen molar-refractivity contribution in [3.05, 3.63) is 54.1 Å². The van der Waals surface area contributed by atoms with Crippen molar-refractivity contribution in [3.8, 4) is 5.75 Å². The van der Waals surface area contributed by atoms with Gasteiger partial charge in [-0.3, -0.25) is 9.69 Å². The molecule has 0 spiro atoms. The van der Waals surface area contributed by atoms with E-state index in [1.165, 1.54) is 38.4 Å². The fraction of sp³-hybridized carbons (Fsp3) is 0.350. The van der Waals surface area contributed by atoms with Crippen LogP contribution in [0.5, 0.6) is 5.75 Å². The molecular formula is C20H25F2N3O4S. The fourth-order valence-corrected chi connectivity index (χ4v) is 3.54. The van der Waals surface area contributed by atoms with Crippen molar-refractivity contribution in [2.24, 2.45) is 0 Å². The van der Waals surface area contributed by atoms with Crippen molar-refractivity contribution >= 4 is 21.6 Å². The van der Waals surface area contributed by atoms with Crippen LogP contribution in [0.25, 0.3) is 0 Å². The molecule has 2 rings (SSSR count). The molecule has 0 aliphatic rings. The van der Waals surface area contributed by atoms with E-state index in [0.29, 0.717) is 12.2 Å². The number of ether oxygens (including phenoxy) is 1. The van der Waals surface area contributed by atoms with Crippen LogP contribution < -0.4 is 10.1 Å². The molecule has 1 atom stereocenters. The van der Waals surface area contributed by atoms with E-state index >= 15 is 0 Å². The number of carbonyl (C=O) groups is 1. The van der Waals surface area contributed by atoms with Gasteiger partial charge in [-0.25, -0.2) is 12.7 Å². The predicted molar refractivity (Wildman–Crippen MR) is 110 cm³/mol. The van der Waals surface area contributed by atoms with Crippen molar-refractivity contribution in [2.75, 3.05) is 26.5 Å². The lowest BCUT2D eigenvalue weighted by Gasteiger charge is -2.24. The first-order valence-electron chi connectivity index (χ1n) is 9.08. The van der Waals surface area contributed by atoms with E-state index in [0.717, 1.165) is 9.87 Å². The van der Waals surface area contributed by atoms with Gasteiger partial charge in [0.15, 0.2) is 0 Å². The third-order valence-corrected chi connectivity index (χ3v) is 6.31. The van der Waals surface area contributed by atoms with Crippen LogP contribution in [-0.2, 0) is 21.4 Å². The van der Waals surface area contributed by atoms with Crippen molar-refractivity contribution in [1.82, 2.24) is 9.21 Å². The molecule has 0 saturated carbocycles. The Labute approximate surface area is 175 Å². The molecule has 0 saturated heterocycles. The zero-order valence-electron chi connectivity index (χ0n) is 17.2. The lowest BCUT2D eigenvalue weighted by atomic mass is 10.1. The molecule has 0 bridgehead atoms. The van der Waals surface area contributed by atoms with Crippen molar-refractivity contribution < 1.29 is 26.7 Å². The molecule has 2 aromatic carbocycles. The third-order valence-electron chi connectivity index (χ3n) is 4.50. The van der Waals surface area contributed by atoms with Crippen LogP contribution in [0.1, 0.15) is 12.5 Å². The van der Waals surface area contributed by atoms with E-state index in [9.17, 15) is 22.0 Å². The Morgan fingerprint density at radius 2 is 1.73 bits per heavy atom. The maximum atomic E-state index is 12.6. The SMILES string of the molecule is CC(C(=O)Nc1cccc(S(=O)(=O)N(C)C)c1)N(C)Cc1ccc(OC(F)F)cc1. The highest BCUT2D eigenvalue weighted by Gasteiger charge is 2.21. The van der Waals surface area contributed by atoms with Crippen LogP contribution in [0.2, 0.25) is 0 Å². The van der Waals surface area contributed by atoms with Gasteiger partial charge in [0.1, 0.15) is 5.75 Å². The Balaban J connectivity index is 2.02. The predicted octanol–water partition coefficient (Wildman–Crippen LogP) is 3.00. The summed E-state index contributed by atoms with van der Waals surface area (Å²) < 4.78 is 54.4. The van der Waals surface area contributed by atoms with Gasteiger partial charge in [0.2, 0.25) is 15.9 Å². The Morgan fingerprint density at radius 1 is 1.10 bits per heavy atom. The number of carbonyl (C=O) groups excluding carboxylic acids is 1. The largest absolute Gasteiger partial charge is 0.435 e. The average Bonchev–Trinajstić information content (AvgIpc) is 2.68. The summed E-state index contributed by atoms with van der Waals surface area (Å²) in [7, 11) is 1.01. The minimum absolute atomic E-state index is 0.0646. The average molecular weight is 442 g/mol. The number of rotatable bonds is 9. The zero-order chi connectivity index (χ0) is 22.5. The Kier molecular flexibility index (Phi) is 7.88. The third kappa shape index (κ3) is 6.22. The van der Waals surface area contributed by atoms with E-state index < -0.39 is 22.7 Å². The number of likely N-dealkylation sites (N-methyl/N-ethyl adjacent to an activating group) is 1. The minimum Gasteiger partial charge on any atom is -0.435 e. The van der Waals surface area contributed by atoms with E-state index in [1.807, 2.05) is 0 Å². The number of benzene rings is 2. The number of amides is 1. The number of alkyl halides is 2. The Hall–Kier alpha value is -2.56. The lowest BCUT2D eigenvalue weighted by Crippen LogP contribution is -2.39. The van der Waals surface area contributed by atoms with Crippen LogP contribution in [0.15, 0.2) is 53.4 Å². The van der Waals surface area contributed by atoms with Gasteiger partial charge in [-0.2, -0.15) is 8.78 Å². The number of hydrogen-bond donors (Lipinski definition) is 1. The molecule has 0 heterocycles. The molecule has 10 heteroatoms. The number of nitrogens with zero attached hydrogens (tertiary/aromatic N) is 2. The maximum absolute atomic E-state index is 12.6. The van der Waals surface area contributed by atoms with Crippen molar-refractivity contribution in [3.63, 3.8) is 0 Å². The summed E-state index contributed by atoms with van der Waals surface area (Å²) >= 11 is 0. The second-order valence-electron chi connectivity index (χ2n) is 6.92. The highest BCUT2D eigenvalue weighted by molar-refractivity contribution is 7.89. The van der Waals surface area contributed by atoms with Gasteiger partial charge in [-0.15, -0.1) is 0 Å². The quantitative estimate of drug-likeness (QED) is 0.647. The number of anilines is 1. The second kappa shape index (κ2) is 9.96. The molecule has 7 nitrogen and oxygen atoms in total. The zero-order valence-corrected chi connectivity index (χ0v) is 18.0. The first-order chi connectivity index (χ1) is 14.0. The summed E-state index contributed by atoms with van der Waals surface area (Å²) in [4.78, 5) is 14.5. The van der Waals surface area contributed by atoms with E-state index in [2.05, 4.69) is 10.1 Å². The van der Waals surface area contributed by atoms with E-state index in [1.54, 1.807) is 43.1 Å². The monoisotopic (exact) mass is 441 g/mol. The van der Waals surface area contributed by atoms with Gasteiger partial charge in [0, 0.05) is 26.3 Å². The van der Waals surface area contributed by atoms with Crippen LogP contribution in [0, 0.1) is 0 Å². The summed E-state index contributed by atoms with van der Waals surface area (Å²) in [6, 6.07) is 11.7. The molecule has 164 valence electrons. The maximum Gasteiger partial charge on any atom is 0.387 e. The van der Waals surface area contributed by atoms with Gasteiger partial charge in [0.25, 0.3) is 0 Å². The highest BCUT2D eigenvalue weighted by atomic mass is 32.2. The Bertz CT molecular complexity index is 966. The minimum atomic E-state index is -3.61. The first-order valence-corrected chi connectivity index (χ1v) is 10.5. The molecular weight excluding hydrogens is 416 g/mol. The molecule has 0 fully saturated rings. The van der Waals surface area contributed by atoms with Crippen LogP contribution in [0.4, 0.5) is 14.5 Å². The number of nitrogens with one attached hydrogen (secondary N) is 1. The molecule has 1 amide bonds. The van der Waals surface area contributed by atoms with Crippen molar-refractivity contribution in [1.29, 1.82) is 0 Å². The smallest absolute Gasteiger partial charge is 0.387 e. The summed E-state index contributed by atoms with van der Waals surface area (Å²) in [6.07, 6.45) is 0. The van der Waals surface area contributed by atoms with Crippen molar-refractivity contribution in [2.45, 2.75) is 31.0 Å². The summed E-state index contributed by atoms with van der Waals surface area (Å²) in [5.41, 5.74) is 1.19. The first kappa shape index (κ1) is 23.7. The summed E-state index contributed by atoms with van der Waals surface area (Å²) in [5, 5.41) is 2.72. The van der Waals surface area contributed by atoms with Gasteiger partial charge in [-0.1, -0.05) is 18.2 Å². The standard InChI is InChI=1S/C20H25F2N3O4S/c1-14(25(4)13-15-8-10-17(11-9-15)29-20(21)22)19(26)23-16-6-5-7-18(12-16)30(27,28)24(2)3/h5-12,14,20H,13H2,1-4H3,(H,23,26). The topological polar surface area (TPSA) is 79.0 Å². The highest BCUT2D eigenvalue weighted by Crippen LogP contribution is 2.19.